The van der Waals surface area contributed by atoms with Crippen LogP contribution in [0.5, 0.6) is 5.95 Å². The van der Waals surface area contributed by atoms with Crippen molar-refractivity contribution >= 4 is 0 Å². The Kier molecular flexibility index (Phi) is 3.36. The molecule has 2 unspecified atom stereocenters. The highest BCUT2D eigenvalue weighted by Crippen LogP contribution is 2.31. The van der Waals surface area contributed by atoms with E-state index in [-0.39, 0.29) is 0 Å². The van der Waals surface area contributed by atoms with Gasteiger partial charge in [-0.25, -0.2) is 0 Å². The lowest BCUT2D eigenvalue weighted by molar-refractivity contribution is 0.0317. The Morgan fingerprint density at radius 3 is 3.06 bits per heavy atom. The fourth-order valence-electron chi connectivity index (χ4n) is 3.31. The van der Waals surface area contributed by atoms with Crippen molar-refractivity contribution in [1.29, 1.82) is 0 Å². The number of ether oxygens (including phenoxy) is 1. The molecule has 0 spiro atoms. The molecule has 2 aliphatic rings. The standard InChI is InChI=1S/C14H21NO2/c1-2-8-15-9-3-5-12(13(15)6-1)11-17-14-7-4-10-16-14/h4,7,10,12-13H,1-3,5-6,8-9,11H2. The van der Waals surface area contributed by atoms with E-state index >= 15 is 0 Å². The van der Waals surface area contributed by atoms with Crippen molar-refractivity contribution in [3.05, 3.63) is 18.4 Å². The average Bonchev–Trinajstić information content (AvgIpc) is 2.89. The van der Waals surface area contributed by atoms with Crippen molar-refractivity contribution < 1.29 is 9.15 Å². The van der Waals surface area contributed by atoms with Crippen molar-refractivity contribution in [3.8, 4) is 5.95 Å². The van der Waals surface area contributed by atoms with E-state index in [4.69, 9.17) is 9.15 Å². The first-order valence-corrected chi connectivity index (χ1v) is 6.84. The number of rotatable bonds is 3. The highest BCUT2D eigenvalue weighted by molar-refractivity contribution is 5.04. The molecule has 3 rings (SSSR count). The third-order valence-electron chi connectivity index (χ3n) is 4.16. The van der Waals surface area contributed by atoms with Crippen LogP contribution in [0.15, 0.2) is 22.8 Å². The molecule has 17 heavy (non-hydrogen) atoms. The molecule has 0 amide bonds. The predicted octanol–water partition coefficient (Wildman–Crippen LogP) is 2.92. The van der Waals surface area contributed by atoms with E-state index in [0.29, 0.717) is 11.9 Å². The van der Waals surface area contributed by atoms with Crippen molar-refractivity contribution in [2.75, 3.05) is 19.7 Å². The van der Waals surface area contributed by atoms with Gasteiger partial charge in [-0.05, 0) is 44.8 Å². The Bertz CT molecular complexity index is 334. The Morgan fingerprint density at radius 1 is 1.24 bits per heavy atom. The maximum atomic E-state index is 5.74. The minimum Gasteiger partial charge on any atom is -0.465 e. The van der Waals surface area contributed by atoms with Gasteiger partial charge in [-0.2, -0.15) is 0 Å². The van der Waals surface area contributed by atoms with Gasteiger partial charge in [0.25, 0.3) is 5.95 Å². The van der Waals surface area contributed by atoms with Gasteiger partial charge in [-0.3, -0.25) is 4.90 Å². The SMILES string of the molecule is c1coc(OCC2CCCN3CCCCC23)c1. The van der Waals surface area contributed by atoms with E-state index in [1.165, 1.54) is 45.2 Å². The Balaban J connectivity index is 1.57. The van der Waals surface area contributed by atoms with E-state index in [2.05, 4.69) is 4.90 Å². The van der Waals surface area contributed by atoms with Gasteiger partial charge >= 0.3 is 0 Å². The summed E-state index contributed by atoms with van der Waals surface area (Å²) in [6, 6.07) is 4.53. The highest BCUT2D eigenvalue weighted by Gasteiger charge is 2.33. The van der Waals surface area contributed by atoms with Crippen LogP contribution >= 0.6 is 0 Å². The van der Waals surface area contributed by atoms with Gasteiger partial charge in [0.1, 0.15) is 0 Å². The minimum absolute atomic E-state index is 0.665. The summed E-state index contributed by atoms with van der Waals surface area (Å²) in [5.41, 5.74) is 0. The van der Waals surface area contributed by atoms with Crippen LogP contribution in [0.25, 0.3) is 0 Å². The summed E-state index contributed by atoms with van der Waals surface area (Å²) >= 11 is 0. The third kappa shape index (κ3) is 2.49. The zero-order chi connectivity index (χ0) is 11.5. The summed E-state index contributed by atoms with van der Waals surface area (Å²) < 4.78 is 11.0. The summed E-state index contributed by atoms with van der Waals surface area (Å²) in [4.78, 5) is 2.67. The van der Waals surface area contributed by atoms with Crippen LogP contribution < -0.4 is 4.74 Å². The van der Waals surface area contributed by atoms with Crippen LogP contribution in [0.3, 0.4) is 0 Å². The lowest BCUT2D eigenvalue weighted by Gasteiger charge is -2.44. The number of furan rings is 1. The second kappa shape index (κ2) is 5.13. The zero-order valence-corrected chi connectivity index (χ0v) is 10.3. The molecule has 0 radical (unpaired) electrons. The number of piperidine rings is 2. The fraction of sp³-hybridized carbons (Fsp3) is 0.714. The maximum absolute atomic E-state index is 5.74. The van der Waals surface area contributed by atoms with Gasteiger partial charge in [-0.15, -0.1) is 0 Å². The number of hydrogen-bond donors (Lipinski definition) is 0. The first kappa shape index (κ1) is 11.1. The van der Waals surface area contributed by atoms with Gasteiger partial charge in [0.15, 0.2) is 0 Å². The maximum Gasteiger partial charge on any atom is 0.284 e. The third-order valence-corrected chi connectivity index (χ3v) is 4.16. The van der Waals surface area contributed by atoms with Crippen LogP contribution in [0.4, 0.5) is 0 Å². The smallest absolute Gasteiger partial charge is 0.284 e. The average molecular weight is 235 g/mol. The molecule has 94 valence electrons. The summed E-state index contributed by atoms with van der Waals surface area (Å²) in [6.45, 7) is 3.40. The highest BCUT2D eigenvalue weighted by atomic mass is 16.6. The van der Waals surface area contributed by atoms with E-state index in [9.17, 15) is 0 Å². The first-order chi connectivity index (χ1) is 8.43. The number of nitrogens with zero attached hydrogens (tertiary/aromatic N) is 1. The quantitative estimate of drug-likeness (QED) is 0.805. The van der Waals surface area contributed by atoms with E-state index in [1.54, 1.807) is 6.26 Å². The van der Waals surface area contributed by atoms with Crippen LogP contribution in [-0.4, -0.2) is 30.6 Å². The second-order valence-corrected chi connectivity index (χ2v) is 5.24. The first-order valence-electron chi connectivity index (χ1n) is 6.84. The number of fused-ring (bicyclic) bond motifs is 1. The second-order valence-electron chi connectivity index (χ2n) is 5.24. The molecule has 0 saturated carbocycles. The van der Waals surface area contributed by atoms with Crippen LogP contribution in [0.2, 0.25) is 0 Å². The van der Waals surface area contributed by atoms with Gasteiger partial charge in [-0.1, -0.05) is 6.42 Å². The predicted molar refractivity (Wildman–Crippen MR) is 66.1 cm³/mol. The number of hydrogen-bond acceptors (Lipinski definition) is 3. The molecule has 1 aromatic heterocycles. The van der Waals surface area contributed by atoms with Gasteiger partial charge in [0.05, 0.1) is 12.9 Å². The monoisotopic (exact) mass is 235 g/mol. The topological polar surface area (TPSA) is 25.6 Å². The molecule has 0 aliphatic carbocycles. The van der Waals surface area contributed by atoms with Crippen LogP contribution in [-0.2, 0) is 0 Å². The molecular weight excluding hydrogens is 214 g/mol. The summed E-state index contributed by atoms with van der Waals surface area (Å²) in [6.07, 6.45) is 8.42. The molecule has 2 saturated heterocycles. The van der Waals surface area contributed by atoms with Crippen molar-refractivity contribution in [2.24, 2.45) is 5.92 Å². The van der Waals surface area contributed by atoms with E-state index in [0.717, 1.165) is 12.6 Å². The van der Waals surface area contributed by atoms with Crippen molar-refractivity contribution in [2.45, 2.75) is 38.1 Å². The molecule has 2 atom stereocenters. The molecule has 2 aliphatic heterocycles. The Hall–Kier alpha value is -0.960. The van der Waals surface area contributed by atoms with Gasteiger partial charge in [0.2, 0.25) is 0 Å². The lowest BCUT2D eigenvalue weighted by Crippen LogP contribution is -2.49. The lowest BCUT2D eigenvalue weighted by atomic mass is 9.84. The molecule has 0 aromatic carbocycles. The molecule has 0 N–H and O–H groups in total. The molecular formula is C14H21NO2. The summed E-state index contributed by atoms with van der Waals surface area (Å²) in [5.74, 6) is 1.35. The van der Waals surface area contributed by atoms with Crippen molar-refractivity contribution in [3.63, 3.8) is 0 Å². The van der Waals surface area contributed by atoms with Gasteiger partial charge in [0, 0.05) is 18.0 Å². The molecule has 3 nitrogen and oxygen atoms in total. The van der Waals surface area contributed by atoms with Crippen molar-refractivity contribution in [1.82, 2.24) is 4.90 Å². The van der Waals surface area contributed by atoms with Gasteiger partial charge < -0.3 is 9.15 Å². The summed E-state index contributed by atoms with van der Waals surface area (Å²) in [5, 5.41) is 0. The molecule has 2 fully saturated rings. The molecule has 1 aromatic rings. The van der Waals surface area contributed by atoms with E-state index < -0.39 is 0 Å². The normalized spacial score (nSPS) is 29.9. The molecule has 3 heteroatoms. The molecule has 3 heterocycles. The Labute approximate surface area is 103 Å². The van der Waals surface area contributed by atoms with E-state index in [1.807, 2.05) is 12.1 Å². The Morgan fingerprint density at radius 2 is 2.18 bits per heavy atom. The minimum atomic E-state index is 0.665. The fourth-order valence-corrected chi connectivity index (χ4v) is 3.31. The largest absolute Gasteiger partial charge is 0.465 e. The zero-order valence-electron chi connectivity index (χ0n) is 10.3. The molecule has 0 bridgehead atoms. The van der Waals surface area contributed by atoms with Crippen LogP contribution in [0.1, 0.15) is 32.1 Å². The van der Waals surface area contributed by atoms with Crippen LogP contribution in [0, 0.1) is 5.92 Å². The summed E-state index contributed by atoms with van der Waals surface area (Å²) in [7, 11) is 0.